The second-order valence-electron chi connectivity index (χ2n) is 4.33. The summed E-state index contributed by atoms with van der Waals surface area (Å²) in [5.74, 6) is -0.657. The largest absolute Gasteiger partial charge is 0.494 e. The Morgan fingerprint density at radius 3 is 2.41 bits per heavy atom. The maximum Gasteiger partial charge on any atom is 0.372 e. The van der Waals surface area contributed by atoms with Crippen LogP contribution in [0, 0.1) is 0 Å². The molecule has 0 aliphatic carbocycles. The van der Waals surface area contributed by atoms with E-state index in [0.717, 1.165) is 0 Å². The first-order valence-electron chi connectivity index (χ1n) is 6.84. The molecule has 0 aliphatic heterocycles. The first kappa shape index (κ1) is 15.6. The van der Waals surface area contributed by atoms with Crippen molar-refractivity contribution in [3.05, 3.63) is 46.5 Å². The lowest BCUT2D eigenvalue weighted by molar-refractivity contribution is 0.0658. The van der Waals surface area contributed by atoms with Crippen LogP contribution in [0.4, 0.5) is 0 Å². The molecule has 0 bridgehead atoms. The van der Waals surface area contributed by atoms with E-state index in [9.17, 15) is 14.7 Å². The zero-order valence-corrected chi connectivity index (χ0v) is 12.3. The van der Waals surface area contributed by atoms with Gasteiger partial charge in [-0.1, -0.05) is 0 Å². The van der Waals surface area contributed by atoms with Crippen LogP contribution in [0.15, 0.2) is 39.5 Å². The molecule has 0 radical (unpaired) electrons. The topological polar surface area (TPSA) is 86.0 Å². The Hall–Kier alpha value is -2.76. The van der Waals surface area contributed by atoms with Crippen molar-refractivity contribution in [3.8, 4) is 22.6 Å². The summed E-state index contributed by atoms with van der Waals surface area (Å²) in [4.78, 5) is 22.5. The number of hydrogen-bond acceptors (Lipinski definition) is 5. The van der Waals surface area contributed by atoms with Crippen LogP contribution >= 0.6 is 0 Å². The van der Waals surface area contributed by atoms with Crippen LogP contribution in [0.2, 0.25) is 0 Å². The molecule has 1 N–H and O–H groups in total. The zero-order valence-electron chi connectivity index (χ0n) is 12.3. The van der Waals surface area contributed by atoms with Crippen LogP contribution in [0.3, 0.4) is 0 Å². The molecular weight excluding hydrogens is 288 g/mol. The Morgan fingerprint density at radius 2 is 1.77 bits per heavy atom. The lowest BCUT2D eigenvalue weighted by atomic mass is 10.0. The number of benzene rings is 1. The predicted octanol–water partition coefficient (Wildman–Crippen LogP) is 2.80. The number of hydrogen-bond donors (Lipinski definition) is 1. The fraction of sp³-hybridized carbons (Fsp3) is 0.250. The maximum absolute atomic E-state index is 11.3. The molecule has 0 saturated carbocycles. The molecule has 0 saturated heterocycles. The average Bonchev–Trinajstić information content (AvgIpc) is 2.48. The van der Waals surface area contributed by atoms with Crippen LogP contribution in [-0.4, -0.2) is 24.3 Å². The van der Waals surface area contributed by atoms with Crippen LogP contribution in [0.25, 0.3) is 11.1 Å². The van der Waals surface area contributed by atoms with Gasteiger partial charge in [-0.25, -0.2) is 9.59 Å². The third kappa shape index (κ3) is 3.28. The summed E-state index contributed by atoms with van der Waals surface area (Å²) in [6.07, 6.45) is 0. The number of carbonyl (C=O) groups is 1. The summed E-state index contributed by atoms with van der Waals surface area (Å²) >= 11 is 0. The molecule has 22 heavy (non-hydrogen) atoms. The molecule has 0 unspecified atom stereocenters. The molecule has 2 rings (SSSR count). The fourth-order valence-electron chi connectivity index (χ4n) is 2.04. The third-order valence-electron chi connectivity index (χ3n) is 2.88. The Kier molecular flexibility index (Phi) is 4.83. The van der Waals surface area contributed by atoms with Gasteiger partial charge in [-0.15, -0.1) is 0 Å². The molecule has 0 aliphatic rings. The smallest absolute Gasteiger partial charge is 0.372 e. The molecule has 116 valence electrons. The summed E-state index contributed by atoms with van der Waals surface area (Å²) in [6.45, 7) is 4.59. The van der Waals surface area contributed by atoms with Crippen molar-refractivity contribution in [2.24, 2.45) is 0 Å². The number of carboxylic acids is 1. The van der Waals surface area contributed by atoms with Crippen LogP contribution in [0.5, 0.6) is 11.5 Å². The van der Waals surface area contributed by atoms with E-state index in [4.69, 9.17) is 13.9 Å². The van der Waals surface area contributed by atoms with E-state index >= 15 is 0 Å². The van der Waals surface area contributed by atoms with E-state index < -0.39 is 17.4 Å². The molecule has 0 spiro atoms. The number of rotatable bonds is 6. The monoisotopic (exact) mass is 304 g/mol. The first-order valence-corrected chi connectivity index (χ1v) is 6.84. The summed E-state index contributed by atoms with van der Waals surface area (Å²) in [5.41, 5.74) is 0.0788. The molecule has 6 heteroatoms. The van der Waals surface area contributed by atoms with Gasteiger partial charge in [0.05, 0.1) is 13.2 Å². The van der Waals surface area contributed by atoms with E-state index in [-0.39, 0.29) is 5.56 Å². The van der Waals surface area contributed by atoms with Crippen molar-refractivity contribution in [2.45, 2.75) is 13.8 Å². The van der Waals surface area contributed by atoms with Gasteiger partial charge in [0.1, 0.15) is 11.5 Å². The molecular formula is C16H16O6. The first-order chi connectivity index (χ1) is 10.6. The predicted molar refractivity (Wildman–Crippen MR) is 79.7 cm³/mol. The summed E-state index contributed by atoms with van der Waals surface area (Å²) in [5, 5.41) is 9.21. The highest BCUT2D eigenvalue weighted by atomic mass is 16.5. The van der Waals surface area contributed by atoms with Gasteiger partial charge in [0.15, 0.2) is 0 Å². The molecule has 0 amide bonds. The Labute approximate surface area is 126 Å². The van der Waals surface area contributed by atoms with E-state index in [1.807, 2.05) is 13.8 Å². The van der Waals surface area contributed by atoms with Crippen molar-refractivity contribution in [3.63, 3.8) is 0 Å². The van der Waals surface area contributed by atoms with E-state index in [0.29, 0.717) is 30.3 Å². The Balaban J connectivity index is 2.61. The molecule has 1 heterocycles. The summed E-state index contributed by atoms with van der Waals surface area (Å²) in [6, 6.07) is 7.65. The van der Waals surface area contributed by atoms with Crippen LogP contribution < -0.4 is 15.1 Å². The van der Waals surface area contributed by atoms with Crippen molar-refractivity contribution < 1.29 is 23.8 Å². The van der Waals surface area contributed by atoms with Gasteiger partial charge < -0.3 is 19.0 Å². The minimum Gasteiger partial charge on any atom is -0.494 e. The Morgan fingerprint density at radius 1 is 1.09 bits per heavy atom. The van der Waals surface area contributed by atoms with Crippen LogP contribution in [0.1, 0.15) is 24.4 Å². The lowest BCUT2D eigenvalue weighted by Crippen LogP contribution is -2.07. The maximum atomic E-state index is 11.3. The molecule has 0 fully saturated rings. The van der Waals surface area contributed by atoms with E-state index in [2.05, 4.69) is 0 Å². The highest BCUT2D eigenvalue weighted by Crippen LogP contribution is 2.35. The fourth-order valence-corrected chi connectivity index (χ4v) is 2.04. The van der Waals surface area contributed by atoms with Crippen molar-refractivity contribution in [1.29, 1.82) is 0 Å². The summed E-state index contributed by atoms with van der Waals surface area (Å²) < 4.78 is 15.8. The van der Waals surface area contributed by atoms with Crippen LogP contribution in [-0.2, 0) is 0 Å². The Bertz CT molecular complexity index is 732. The number of ether oxygens (including phenoxy) is 2. The van der Waals surface area contributed by atoms with Crippen molar-refractivity contribution in [1.82, 2.24) is 0 Å². The second kappa shape index (κ2) is 6.80. The van der Waals surface area contributed by atoms with Gasteiger partial charge in [0, 0.05) is 23.3 Å². The third-order valence-corrected chi connectivity index (χ3v) is 2.88. The molecule has 1 aromatic heterocycles. The standard InChI is InChI=1S/C16H16O6/c1-3-20-10-5-6-11(13(9-10)21-4-2)12-7-8-14(17)22-15(12)16(18)19/h5-9H,3-4H2,1-2H3,(H,18,19). The summed E-state index contributed by atoms with van der Waals surface area (Å²) in [7, 11) is 0. The number of aromatic carboxylic acids is 1. The molecule has 1 aromatic carbocycles. The van der Waals surface area contributed by atoms with Gasteiger partial charge in [-0.05, 0) is 32.0 Å². The second-order valence-corrected chi connectivity index (χ2v) is 4.33. The number of carboxylic acid groups (broad SMARTS) is 1. The van der Waals surface area contributed by atoms with Crippen molar-refractivity contribution in [2.75, 3.05) is 13.2 Å². The molecule has 2 aromatic rings. The highest BCUT2D eigenvalue weighted by Gasteiger charge is 2.19. The lowest BCUT2D eigenvalue weighted by Gasteiger charge is -2.13. The van der Waals surface area contributed by atoms with E-state index in [1.54, 1.807) is 18.2 Å². The minimum atomic E-state index is -1.32. The normalized spacial score (nSPS) is 10.3. The van der Waals surface area contributed by atoms with Crippen molar-refractivity contribution >= 4 is 5.97 Å². The van der Waals surface area contributed by atoms with Gasteiger partial charge in [0.2, 0.25) is 5.76 Å². The highest BCUT2D eigenvalue weighted by molar-refractivity contribution is 5.93. The SMILES string of the molecule is CCOc1ccc(-c2ccc(=O)oc2C(=O)O)c(OCC)c1. The van der Waals surface area contributed by atoms with Gasteiger partial charge in [0.25, 0.3) is 0 Å². The molecule has 6 nitrogen and oxygen atoms in total. The molecule has 0 atom stereocenters. The van der Waals surface area contributed by atoms with Gasteiger partial charge >= 0.3 is 11.6 Å². The quantitative estimate of drug-likeness (QED) is 0.883. The minimum absolute atomic E-state index is 0.276. The van der Waals surface area contributed by atoms with Gasteiger partial charge in [-0.2, -0.15) is 0 Å². The average molecular weight is 304 g/mol. The van der Waals surface area contributed by atoms with E-state index in [1.165, 1.54) is 12.1 Å². The van der Waals surface area contributed by atoms with Gasteiger partial charge in [-0.3, -0.25) is 0 Å². The zero-order chi connectivity index (χ0) is 16.1.